The van der Waals surface area contributed by atoms with Crippen LogP contribution < -0.4 is 10.9 Å². The van der Waals surface area contributed by atoms with E-state index in [1.54, 1.807) is 0 Å². The van der Waals surface area contributed by atoms with Crippen LogP contribution in [-0.4, -0.2) is 38.6 Å². The number of aliphatic carboxylic acids is 1. The summed E-state index contributed by atoms with van der Waals surface area (Å²) in [7, 11) is 0. The Morgan fingerprint density at radius 3 is 3.11 bits per heavy atom. The zero-order chi connectivity index (χ0) is 13.1. The highest BCUT2D eigenvalue weighted by molar-refractivity contribution is 7.99. The zero-order valence-corrected chi connectivity index (χ0v) is 11.3. The predicted octanol–water partition coefficient (Wildman–Crippen LogP) is 0.670. The van der Waals surface area contributed by atoms with Gasteiger partial charge in [0.2, 0.25) is 0 Å². The van der Waals surface area contributed by atoms with Crippen molar-refractivity contribution in [3.63, 3.8) is 0 Å². The molecule has 2 heterocycles. The van der Waals surface area contributed by atoms with Crippen molar-refractivity contribution in [3.8, 4) is 0 Å². The van der Waals surface area contributed by atoms with Crippen molar-refractivity contribution in [1.29, 1.82) is 0 Å². The average molecular weight is 287 g/mol. The first kappa shape index (κ1) is 13.4. The molecule has 2 atom stereocenters. The van der Waals surface area contributed by atoms with Gasteiger partial charge < -0.3 is 10.1 Å². The summed E-state index contributed by atoms with van der Waals surface area (Å²) in [6.07, 6.45) is 0. The maximum atomic E-state index is 11.5. The van der Waals surface area contributed by atoms with Crippen LogP contribution in [0.2, 0.25) is 0 Å². The Hall–Kier alpha value is -0.990. The Kier molecular flexibility index (Phi) is 4.31. The van der Waals surface area contributed by atoms with Gasteiger partial charge in [-0.1, -0.05) is 18.7 Å². The lowest BCUT2D eigenvalue weighted by Crippen LogP contribution is -2.34. The largest absolute Gasteiger partial charge is 0.480 e. The van der Waals surface area contributed by atoms with Crippen LogP contribution in [0.25, 0.3) is 0 Å². The second-order valence-electron chi connectivity index (χ2n) is 3.68. The van der Waals surface area contributed by atoms with Gasteiger partial charge in [0, 0.05) is 11.8 Å². The average Bonchev–Trinajstić information content (AvgIpc) is 2.78. The second-order valence-corrected chi connectivity index (χ2v) is 6.07. The molecule has 0 amide bonds. The SMILES string of the molecule is CCSc1nc(C2NC(C(=O)O)CS2)cc(=O)[nH]1. The number of hydrogen-bond acceptors (Lipinski definition) is 6. The van der Waals surface area contributed by atoms with Crippen LogP contribution in [0.3, 0.4) is 0 Å². The number of rotatable bonds is 4. The number of nitrogens with zero attached hydrogens (tertiary/aromatic N) is 1. The van der Waals surface area contributed by atoms with Gasteiger partial charge in [0.25, 0.3) is 5.56 Å². The topological polar surface area (TPSA) is 95.1 Å². The molecular weight excluding hydrogens is 274 g/mol. The molecule has 1 aliphatic heterocycles. The van der Waals surface area contributed by atoms with Crippen LogP contribution in [0.1, 0.15) is 18.0 Å². The Bertz CT molecular complexity index is 505. The van der Waals surface area contributed by atoms with Gasteiger partial charge >= 0.3 is 5.97 Å². The van der Waals surface area contributed by atoms with E-state index in [1.165, 1.54) is 29.6 Å². The Morgan fingerprint density at radius 2 is 2.50 bits per heavy atom. The highest BCUT2D eigenvalue weighted by Gasteiger charge is 2.31. The van der Waals surface area contributed by atoms with Crippen LogP contribution in [0.4, 0.5) is 0 Å². The Morgan fingerprint density at radius 1 is 1.72 bits per heavy atom. The molecule has 1 saturated heterocycles. The molecule has 2 rings (SSSR count). The van der Waals surface area contributed by atoms with Gasteiger partial charge in [-0.2, -0.15) is 0 Å². The van der Waals surface area contributed by atoms with Crippen LogP contribution in [0, 0.1) is 0 Å². The number of carbonyl (C=O) groups is 1. The maximum Gasteiger partial charge on any atom is 0.321 e. The molecule has 0 aromatic carbocycles. The van der Waals surface area contributed by atoms with Crippen molar-refractivity contribution < 1.29 is 9.90 Å². The van der Waals surface area contributed by atoms with E-state index in [-0.39, 0.29) is 10.9 Å². The molecule has 18 heavy (non-hydrogen) atoms. The van der Waals surface area contributed by atoms with Crippen molar-refractivity contribution in [3.05, 3.63) is 22.1 Å². The zero-order valence-electron chi connectivity index (χ0n) is 9.67. The first-order chi connectivity index (χ1) is 8.60. The molecule has 98 valence electrons. The fourth-order valence-corrected chi connectivity index (χ4v) is 3.37. The molecule has 8 heteroatoms. The fourth-order valence-electron chi connectivity index (χ4n) is 1.58. The van der Waals surface area contributed by atoms with Crippen LogP contribution in [0.5, 0.6) is 0 Å². The molecule has 3 N–H and O–H groups in total. The minimum atomic E-state index is -0.877. The quantitative estimate of drug-likeness (QED) is 0.553. The lowest BCUT2D eigenvalue weighted by atomic mass is 10.3. The lowest BCUT2D eigenvalue weighted by molar-refractivity contribution is -0.138. The number of thioether (sulfide) groups is 2. The van der Waals surface area contributed by atoms with E-state index in [1.807, 2.05) is 6.92 Å². The molecular formula is C10H13N3O3S2. The van der Waals surface area contributed by atoms with Gasteiger partial charge in [0.15, 0.2) is 5.16 Å². The molecule has 0 spiro atoms. The first-order valence-corrected chi connectivity index (χ1v) is 7.48. The molecule has 1 aromatic rings. The Labute approximate surface area is 112 Å². The molecule has 1 aliphatic rings. The van der Waals surface area contributed by atoms with Crippen molar-refractivity contribution in [2.75, 3.05) is 11.5 Å². The summed E-state index contributed by atoms with van der Waals surface area (Å²) in [5, 5.41) is 12.2. The van der Waals surface area contributed by atoms with E-state index < -0.39 is 12.0 Å². The third-order valence-electron chi connectivity index (χ3n) is 2.37. The standard InChI is InChI=1S/C10H13N3O3S2/c1-2-17-10-12-5(3-7(14)13-10)8-11-6(4-18-8)9(15)16/h3,6,8,11H,2,4H2,1H3,(H,15,16)(H,12,13,14). The van der Waals surface area contributed by atoms with Crippen molar-refractivity contribution in [2.24, 2.45) is 0 Å². The van der Waals surface area contributed by atoms with E-state index in [9.17, 15) is 9.59 Å². The fraction of sp³-hybridized carbons (Fsp3) is 0.500. The van der Waals surface area contributed by atoms with Crippen LogP contribution in [0.15, 0.2) is 16.0 Å². The van der Waals surface area contributed by atoms with Gasteiger partial charge in [-0.05, 0) is 5.75 Å². The summed E-state index contributed by atoms with van der Waals surface area (Å²) >= 11 is 2.90. The molecule has 1 aromatic heterocycles. The summed E-state index contributed by atoms with van der Waals surface area (Å²) in [6.45, 7) is 1.97. The molecule has 0 aliphatic carbocycles. The normalized spacial score (nSPS) is 23.2. The second kappa shape index (κ2) is 5.77. The summed E-state index contributed by atoms with van der Waals surface area (Å²) in [6, 6.07) is 0.831. The monoisotopic (exact) mass is 287 g/mol. The highest BCUT2D eigenvalue weighted by Crippen LogP contribution is 2.31. The summed E-state index contributed by atoms with van der Waals surface area (Å²) < 4.78 is 0. The highest BCUT2D eigenvalue weighted by atomic mass is 32.2. The molecule has 0 radical (unpaired) electrons. The third-order valence-corrected chi connectivity index (χ3v) is 4.36. The van der Waals surface area contributed by atoms with Crippen molar-refractivity contribution in [1.82, 2.24) is 15.3 Å². The van der Waals surface area contributed by atoms with Gasteiger partial charge in [-0.3, -0.25) is 14.9 Å². The lowest BCUT2D eigenvalue weighted by Gasteiger charge is -2.10. The first-order valence-electron chi connectivity index (χ1n) is 5.44. The molecule has 6 nitrogen and oxygen atoms in total. The van der Waals surface area contributed by atoms with E-state index in [0.717, 1.165) is 5.75 Å². The van der Waals surface area contributed by atoms with Crippen LogP contribution in [-0.2, 0) is 4.79 Å². The van der Waals surface area contributed by atoms with E-state index >= 15 is 0 Å². The van der Waals surface area contributed by atoms with Gasteiger partial charge in [0.05, 0.1) is 11.1 Å². The number of carboxylic acid groups (broad SMARTS) is 1. The summed E-state index contributed by atoms with van der Waals surface area (Å²) in [4.78, 5) is 29.3. The molecule has 0 bridgehead atoms. The predicted molar refractivity (Wildman–Crippen MR) is 71.0 cm³/mol. The van der Waals surface area contributed by atoms with Crippen molar-refractivity contribution >= 4 is 29.5 Å². The van der Waals surface area contributed by atoms with Gasteiger partial charge in [-0.25, -0.2) is 4.98 Å². The Balaban J connectivity index is 2.19. The number of nitrogens with one attached hydrogen (secondary N) is 2. The molecule has 0 saturated carbocycles. The number of aromatic nitrogens is 2. The smallest absolute Gasteiger partial charge is 0.321 e. The van der Waals surface area contributed by atoms with Crippen molar-refractivity contribution in [2.45, 2.75) is 23.5 Å². The third kappa shape index (κ3) is 3.06. The molecule has 2 unspecified atom stereocenters. The molecule has 1 fully saturated rings. The minimum absolute atomic E-state index is 0.211. The number of carboxylic acids is 1. The minimum Gasteiger partial charge on any atom is -0.480 e. The van der Waals surface area contributed by atoms with E-state index in [0.29, 0.717) is 16.6 Å². The van der Waals surface area contributed by atoms with Gasteiger partial charge in [-0.15, -0.1) is 11.8 Å². The maximum absolute atomic E-state index is 11.5. The van der Waals surface area contributed by atoms with Gasteiger partial charge in [0.1, 0.15) is 6.04 Å². The number of aromatic amines is 1. The number of H-pyrrole nitrogens is 1. The summed E-state index contributed by atoms with van der Waals surface area (Å²) in [5.74, 6) is 0.415. The summed E-state index contributed by atoms with van der Waals surface area (Å²) in [5.41, 5.74) is 0.376. The van der Waals surface area contributed by atoms with Crippen LogP contribution >= 0.6 is 23.5 Å². The van der Waals surface area contributed by atoms with E-state index in [2.05, 4.69) is 15.3 Å². The number of hydrogen-bond donors (Lipinski definition) is 3. The van der Waals surface area contributed by atoms with E-state index in [4.69, 9.17) is 5.11 Å².